The highest BCUT2D eigenvalue weighted by atomic mass is 32.1. The van der Waals surface area contributed by atoms with E-state index in [2.05, 4.69) is 65.6 Å². The van der Waals surface area contributed by atoms with Gasteiger partial charge in [0.25, 0.3) is 0 Å². The zero-order valence-corrected chi connectivity index (χ0v) is 13.1. The van der Waals surface area contributed by atoms with Gasteiger partial charge < -0.3 is 0 Å². The molecule has 3 unspecified atom stereocenters. The number of thiol groups is 3. The first-order chi connectivity index (χ1) is 6.81. The maximum absolute atomic E-state index is 4.54. The van der Waals surface area contributed by atoms with Crippen LogP contribution in [-0.2, 0) is 0 Å². The lowest BCUT2D eigenvalue weighted by atomic mass is 9.73. The van der Waals surface area contributed by atoms with Crippen molar-refractivity contribution in [1.82, 2.24) is 0 Å². The molecule has 0 aliphatic heterocycles. The summed E-state index contributed by atoms with van der Waals surface area (Å²) in [6.07, 6.45) is 4.71. The van der Waals surface area contributed by atoms with E-state index in [-0.39, 0.29) is 0 Å². The maximum Gasteiger partial charge on any atom is -0.000630 e. The van der Waals surface area contributed by atoms with Crippen LogP contribution < -0.4 is 0 Å². The third-order valence-corrected chi connectivity index (χ3v) is 3.48. The summed E-state index contributed by atoms with van der Waals surface area (Å²) in [7, 11) is 0. The Morgan fingerprint density at radius 1 is 0.800 bits per heavy atom. The molecule has 0 saturated carbocycles. The topological polar surface area (TPSA) is 0 Å². The second kappa shape index (κ2) is 7.39. The van der Waals surface area contributed by atoms with E-state index in [1.807, 2.05) is 0 Å². The van der Waals surface area contributed by atoms with Crippen molar-refractivity contribution < 1.29 is 0 Å². The Kier molecular flexibility index (Phi) is 7.91. The van der Waals surface area contributed by atoms with Gasteiger partial charge in [0.2, 0.25) is 0 Å². The molecule has 92 valence electrons. The Hall–Kier alpha value is 1.05. The summed E-state index contributed by atoms with van der Waals surface area (Å²) >= 11 is 13.6. The lowest BCUT2D eigenvalue weighted by Gasteiger charge is -2.37. The van der Waals surface area contributed by atoms with Gasteiger partial charge in [-0.2, -0.15) is 37.9 Å². The van der Waals surface area contributed by atoms with E-state index < -0.39 is 0 Å². The molecular weight excluding hydrogens is 240 g/mol. The largest absolute Gasteiger partial charge is 0.176 e. The molecule has 0 amide bonds. The molecule has 0 fully saturated rings. The van der Waals surface area contributed by atoms with Crippen molar-refractivity contribution in [3.63, 3.8) is 0 Å². The predicted octanol–water partition coefficient (Wildman–Crippen LogP) is 4.51. The van der Waals surface area contributed by atoms with Crippen LogP contribution in [-0.4, -0.2) is 15.7 Å². The monoisotopic (exact) mass is 266 g/mol. The van der Waals surface area contributed by atoms with Gasteiger partial charge in [-0.25, -0.2) is 0 Å². The van der Waals surface area contributed by atoms with Crippen molar-refractivity contribution in [1.29, 1.82) is 0 Å². The quantitative estimate of drug-likeness (QED) is 0.555. The summed E-state index contributed by atoms with van der Waals surface area (Å²) < 4.78 is 0. The molecule has 3 atom stereocenters. The average molecular weight is 267 g/mol. The molecule has 0 rings (SSSR count). The standard InChI is InChI=1S/C12H26S3/c1-5-12(6-9(2)13,7-10(3)14)8-11(4)15/h9-11,13-15H,5-8H2,1-4H3. The summed E-state index contributed by atoms with van der Waals surface area (Å²) in [6, 6.07) is 0. The van der Waals surface area contributed by atoms with Crippen LogP contribution in [0.3, 0.4) is 0 Å². The second-order valence-electron chi connectivity index (χ2n) is 5.01. The third-order valence-electron chi connectivity index (χ3n) is 2.94. The van der Waals surface area contributed by atoms with Crippen molar-refractivity contribution in [3.8, 4) is 0 Å². The molecule has 0 spiro atoms. The fourth-order valence-electron chi connectivity index (χ4n) is 2.56. The van der Waals surface area contributed by atoms with Crippen LogP contribution in [0.4, 0.5) is 0 Å². The third kappa shape index (κ3) is 7.06. The number of rotatable bonds is 7. The fraction of sp³-hybridized carbons (Fsp3) is 1.00. The first kappa shape index (κ1) is 16.1. The Morgan fingerprint density at radius 2 is 1.07 bits per heavy atom. The molecular formula is C12H26S3. The van der Waals surface area contributed by atoms with E-state index in [9.17, 15) is 0 Å². The fourth-order valence-corrected chi connectivity index (χ4v) is 3.72. The van der Waals surface area contributed by atoms with Gasteiger partial charge in [0.15, 0.2) is 0 Å². The molecule has 0 aromatic rings. The minimum atomic E-state index is 0.378. The van der Waals surface area contributed by atoms with Crippen molar-refractivity contribution in [3.05, 3.63) is 0 Å². The normalized spacial score (nSPS) is 21.8. The van der Waals surface area contributed by atoms with E-state index in [0.29, 0.717) is 21.2 Å². The first-order valence-electron chi connectivity index (χ1n) is 5.85. The van der Waals surface area contributed by atoms with Crippen LogP contribution >= 0.6 is 37.9 Å². The van der Waals surface area contributed by atoms with Gasteiger partial charge in [-0.1, -0.05) is 34.1 Å². The zero-order chi connectivity index (χ0) is 12.1. The van der Waals surface area contributed by atoms with E-state index in [4.69, 9.17) is 0 Å². The summed E-state index contributed by atoms with van der Waals surface area (Å²) in [5, 5.41) is 1.39. The Labute approximate surface area is 112 Å². The minimum absolute atomic E-state index is 0.378. The van der Waals surface area contributed by atoms with Crippen LogP contribution in [0.15, 0.2) is 0 Å². The van der Waals surface area contributed by atoms with Crippen LogP contribution in [0.2, 0.25) is 0 Å². The highest BCUT2D eigenvalue weighted by molar-refractivity contribution is 7.81. The maximum atomic E-state index is 4.54. The molecule has 0 radical (unpaired) electrons. The molecule has 0 aromatic carbocycles. The summed E-state index contributed by atoms with van der Waals surface area (Å²) in [4.78, 5) is 0. The van der Waals surface area contributed by atoms with Crippen molar-refractivity contribution >= 4 is 37.9 Å². The van der Waals surface area contributed by atoms with Gasteiger partial charge in [0.1, 0.15) is 0 Å². The van der Waals surface area contributed by atoms with Gasteiger partial charge in [-0.15, -0.1) is 0 Å². The van der Waals surface area contributed by atoms with Gasteiger partial charge in [0.05, 0.1) is 0 Å². The van der Waals surface area contributed by atoms with Crippen molar-refractivity contribution in [2.24, 2.45) is 5.41 Å². The van der Waals surface area contributed by atoms with Gasteiger partial charge in [-0.05, 0) is 40.4 Å². The Balaban J connectivity index is 4.59. The van der Waals surface area contributed by atoms with Gasteiger partial charge in [-0.3, -0.25) is 0 Å². The van der Waals surface area contributed by atoms with E-state index in [1.165, 1.54) is 25.7 Å². The number of hydrogen-bond acceptors (Lipinski definition) is 3. The van der Waals surface area contributed by atoms with Crippen LogP contribution in [0.5, 0.6) is 0 Å². The first-order valence-corrected chi connectivity index (χ1v) is 7.40. The Morgan fingerprint density at radius 3 is 1.20 bits per heavy atom. The molecule has 0 aromatic heterocycles. The second-order valence-corrected chi connectivity index (χ2v) is 7.66. The van der Waals surface area contributed by atoms with Gasteiger partial charge in [0, 0.05) is 0 Å². The summed E-state index contributed by atoms with van der Waals surface area (Å²) in [6.45, 7) is 8.82. The van der Waals surface area contributed by atoms with E-state index in [1.54, 1.807) is 0 Å². The summed E-state index contributed by atoms with van der Waals surface area (Å²) in [5.41, 5.74) is 0.378. The summed E-state index contributed by atoms with van der Waals surface area (Å²) in [5.74, 6) is 0. The average Bonchev–Trinajstić information content (AvgIpc) is 1.99. The molecule has 0 heterocycles. The highest BCUT2D eigenvalue weighted by Crippen LogP contribution is 2.41. The molecule has 0 saturated heterocycles. The smallest absolute Gasteiger partial charge is 0.000630 e. The van der Waals surface area contributed by atoms with E-state index >= 15 is 0 Å². The Bertz CT molecular complexity index is 138. The predicted molar refractivity (Wildman–Crippen MR) is 81.9 cm³/mol. The minimum Gasteiger partial charge on any atom is -0.176 e. The lowest BCUT2D eigenvalue weighted by Crippen LogP contribution is -2.28. The van der Waals surface area contributed by atoms with Crippen molar-refractivity contribution in [2.45, 2.75) is 69.1 Å². The molecule has 15 heavy (non-hydrogen) atoms. The van der Waals surface area contributed by atoms with Crippen LogP contribution in [0.1, 0.15) is 53.4 Å². The van der Waals surface area contributed by atoms with Crippen LogP contribution in [0, 0.1) is 5.41 Å². The molecule has 0 bridgehead atoms. The highest BCUT2D eigenvalue weighted by Gasteiger charge is 2.31. The molecule has 3 heteroatoms. The van der Waals surface area contributed by atoms with E-state index in [0.717, 1.165) is 0 Å². The molecule has 0 aliphatic rings. The number of hydrogen-bond donors (Lipinski definition) is 3. The van der Waals surface area contributed by atoms with Crippen molar-refractivity contribution in [2.75, 3.05) is 0 Å². The van der Waals surface area contributed by atoms with Crippen LogP contribution in [0.25, 0.3) is 0 Å². The van der Waals surface area contributed by atoms with Gasteiger partial charge >= 0.3 is 0 Å². The molecule has 0 aliphatic carbocycles. The molecule has 0 nitrogen and oxygen atoms in total. The molecule has 0 N–H and O–H groups in total. The lowest BCUT2D eigenvalue weighted by molar-refractivity contribution is 0.211. The zero-order valence-electron chi connectivity index (χ0n) is 10.4. The SMILES string of the molecule is CCC(CC(C)S)(CC(C)S)CC(C)S.